The summed E-state index contributed by atoms with van der Waals surface area (Å²) in [7, 11) is -3.06. The van der Waals surface area contributed by atoms with Gasteiger partial charge in [-0.1, -0.05) is 30.3 Å². The third-order valence-electron chi connectivity index (χ3n) is 3.45. The molecule has 1 saturated heterocycles. The maximum Gasteiger partial charge on any atom is 0.222 e. The Kier molecular flexibility index (Phi) is 5.33. The molecule has 0 radical (unpaired) electrons. The van der Waals surface area contributed by atoms with E-state index in [-0.39, 0.29) is 36.5 Å². The molecule has 6 nitrogen and oxygen atoms in total. The minimum Gasteiger partial charge on any atom is -0.394 e. The van der Waals surface area contributed by atoms with Crippen molar-refractivity contribution in [2.24, 2.45) is 0 Å². The summed E-state index contributed by atoms with van der Waals surface area (Å²) >= 11 is 0. The number of benzene rings is 1. The van der Waals surface area contributed by atoms with E-state index in [9.17, 15) is 18.3 Å². The lowest BCUT2D eigenvalue weighted by molar-refractivity contribution is -0.122. The number of sulfone groups is 1. The Labute approximate surface area is 124 Å². The third-order valence-corrected chi connectivity index (χ3v) is 5.19. The van der Waals surface area contributed by atoms with Gasteiger partial charge in [0, 0.05) is 19.0 Å². The zero-order valence-corrected chi connectivity index (χ0v) is 12.5. The van der Waals surface area contributed by atoms with Crippen molar-refractivity contribution in [3.63, 3.8) is 0 Å². The molecule has 2 rings (SSSR count). The largest absolute Gasteiger partial charge is 0.394 e. The smallest absolute Gasteiger partial charge is 0.222 e. The Morgan fingerprint density at radius 3 is 2.71 bits per heavy atom. The number of hydrogen-bond donors (Lipinski definition) is 3. The van der Waals surface area contributed by atoms with Crippen LogP contribution in [0.5, 0.6) is 0 Å². The fourth-order valence-electron chi connectivity index (χ4n) is 2.40. The number of carbonyl (C=O) groups excluding carboxylic acids is 1. The van der Waals surface area contributed by atoms with Crippen molar-refractivity contribution in [1.82, 2.24) is 10.6 Å². The molecule has 1 amide bonds. The molecule has 1 aliphatic heterocycles. The van der Waals surface area contributed by atoms with E-state index in [1.165, 1.54) is 0 Å². The third kappa shape index (κ3) is 4.80. The molecule has 1 aromatic rings. The lowest BCUT2D eigenvalue weighted by Gasteiger charge is -2.24. The number of amides is 1. The number of carbonyl (C=O) groups is 1. The fraction of sp³-hybridized carbons (Fsp3) is 0.500. The van der Waals surface area contributed by atoms with Gasteiger partial charge in [-0.25, -0.2) is 8.42 Å². The van der Waals surface area contributed by atoms with Crippen LogP contribution < -0.4 is 10.6 Å². The molecule has 1 aromatic carbocycles. The molecule has 21 heavy (non-hydrogen) atoms. The molecule has 1 fully saturated rings. The van der Waals surface area contributed by atoms with Gasteiger partial charge >= 0.3 is 0 Å². The molecule has 0 aromatic heterocycles. The highest BCUT2D eigenvalue weighted by Crippen LogP contribution is 2.12. The van der Waals surface area contributed by atoms with Crippen LogP contribution in [-0.2, 0) is 14.6 Å². The van der Waals surface area contributed by atoms with E-state index in [4.69, 9.17) is 0 Å². The van der Waals surface area contributed by atoms with Crippen molar-refractivity contribution in [3.05, 3.63) is 35.9 Å². The molecular weight excluding hydrogens is 292 g/mol. The standard InChI is InChI=1S/C14H20N2O4S/c17-9-13(11-4-2-1-3-5-11)16-14(18)8-12-10-21(19,20)7-6-15-12/h1-5,12-13,15,17H,6-10H2,(H,16,18)/t12?,13-/m1/s1. The number of hydrogen-bond acceptors (Lipinski definition) is 5. The van der Waals surface area contributed by atoms with Gasteiger partial charge in [-0.3, -0.25) is 4.79 Å². The predicted octanol–water partition coefficient (Wildman–Crippen LogP) is -0.387. The maximum absolute atomic E-state index is 12.0. The maximum atomic E-state index is 12.0. The van der Waals surface area contributed by atoms with Crippen LogP contribution in [0.25, 0.3) is 0 Å². The van der Waals surface area contributed by atoms with Crippen LogP contribution in [0.3, 0.4) is 0 Å². The van der Waals surface area contributed by atoms with E-state index < -0.39 is 15.9 Å². The molecule has 1 unspecified atom stereocenters. The Morgan fingerprint density at radius 2 is 2.10 bits per heavy atom. The summed E-state index contributed by atoms with van der Waals surface area (Å²) in [5.41, 5.74) is 0.817. The minimum atomic E-state index is -3.06. The lowest BCUT2D eigenvalue weighted by atomic mass is 10.1. The second-order valence-electron chi connectivity index (χ2n) is 5.18. The molecule has 7 heteroatoms. The zero-order valence-electron chi connectivity index (χ0n) is 11.7. The predicted molar refractivity (Wildman–Crippen MR) is 79.5 cm³/mol. The Hall–Kier alpha value is -1.44. The fourth-order valence-corrected chi connectivity index (χ4v) is 3.84. The van der Waals surface area contributed by atoms with Crippen molar-refractivity contribution in [1.29, 1.82) is 0 Å². The first kappa shape index (κ1) is 15.9. The molecule has 116 valence electrons. The summed E-state index contributed by atoms with van der Waals surface area (Å²) in [6.07, 6.45) is 0.0859. The van der Waals surface area contributed by atoms with Crippen LogP contribution in [0, 0.1) is 0 Å². The average molecular weight is 312 g/mol. The molecular formula is C14H20N2O4S. The van der Waals surface area contributed by atoms with Gasteiger partial charge in [0.1, 0.15) is 0 Å². The second kappa shape index (κ2) is 7.02. The van der Waals surface area contributed by atoms with Gasteiger partial charge in [0.2, 0.25) is 5.91 Å². The Morgan fingerprint density at radius 1 is 1.38 bits per heavy atom. The molecule has 1 aliphatic rings. The van der Waals surface area contributed by atoms with Gasteiger partial charge in [0.15, 0.2) is 9.84 Å². The van der Waals surface area contributed by atoms with Crippen molar-refractivity contribution in [3.8, 4) is 0 Å². The SMILES string of the molecule is O=C(CC1CS(=O)(=O)CCN1)N[C@H](CO)c1ccccc1. The van der Waals surface area contributed by atoms with Gasteiger partial charge in [0.05, 0.1) is 24.2 Å². The Bertz CT molecular complexity index is 574. The summed E-state index contributed by atoms with van der Waals surface area (Å²) in [4.78, 5) is 12.0. The van der Waals surface area contributed by atoms with Crippen LogP contribution in [0.4, 0.5) is 0 Å². The normalized spacial score (nSPS) is 22.4. The Balaban J connectivity index is 1.91. The minimum absolute atomic E-state index is 0.0183. The van der Waals surface area contributed by atoms with Gasteiger partial charge in [-0.05, 0) is 5.56 Å². The van der Waals surface area contributed by atoms with Gasteiger partial charge in [-0.2, -0.15) is 0 Å². The summed E-state index contributed by atoms with van der Waals surface area (Å²) < 4.78 is 23.1. The first-order valence-electron chi connectivity index (χ1n) is 6.89. The molecule has 0 aliphatic carbocycles. The monoisotopic (exact) mass is 312 g/mol. The van der Waals surface area contributed by atoms with Crippen LogP contribution in [-0.4, -0.2) is 50.1 Å². The van der Waals surface area contributed by atoms with Crippen molar-refractivity contribution in [2.75, 3.05) is 24.7 Å². The first-order valence-corrected chi connectivity index (χ1v) is 8.71. The topological polar surface area (TPSA) is 95.5 Å². The molecule has 0 saturated carbocycles. The van der Waals surface area contributed by atoms with Gasteiger partial charge < -0.3 is 15.7 Å². The molecule has 0 bridgehead atoms. The number of nitrogens with one attached hydrogen (secondary N) is 2. The molecule has 2 atom stereocenters. The van der Waals surface area contributed by atoms with E-state index in [2.05, 4.69) is 10.6 Å². The molecule has 1 heterocycles. The highest BCUT2D eigenvalue weighted by atomic mass is 32.2. The van der Waals surface area contributed by atoms with Crippen LogP contribution in [0.1, 0.15) is 18.0 Å². The summed E-state index contributed by atoms with van der Waals surface area (Å²) in [5, 5.41) is 15.2. The highest BCUT2D eigenvalue weighted by molar-refractivity contribution is 7.91. The van der Waals surface area contributed by atoms with Crippen molar-refractivity contribution >= 4 is 15.7 Å². The van der Waals surface area contributed by atoms with Crippen LogP contribution in [0.2, 0.25) is 0 Å². The molecule has 3 N–H and O–H groups in total. The van der Waals surface area contributed by atoms with Crippen molar-refractivity contribution < 1.29 is 18.3 Å². The van der Waals surface area contributed by atoms with Crippen LogP contribution >= 0.6 is 0 Å². The van der Waals surface area contributed by atoms with E-state index in [1.807, 2.05) is 30.3 Å². The van der Waals surface area contributed by atoms with Crippen molar-refractivity contribution in [2.45, 2.75) is 18.5 Å². The van der Waals surface area contributed by atoms with Gasteiger partial charge in [0.25, 0.3) is 0 Å². The lowest BCUT2D eigenvalue weighted by Crippen LogP contribution is -2.47. The molecule has 0 spiro atoms. The van der Waals surface area contributed by atoms with E-state index in [0.717, 1.165) is 5.56 Å². The second-order valence-corrected chi connectivity index (χ2v) is 7.41. The first-order chi connectivity index (χ1) is 10.00. The zero-order chi connectivity index (χ0) is 15.3. The van der Waals surface area contributed by atoms with Crippen LogP contribution in [0.15, 0.2) is 30.3 Å². The van der Waals surface area contributed by atoms with E-state index in [1.54, 1.807) is 0 Å². The number of aliphatic hydroxyl groups excluding tert-OH is 1. The van der Waals surface area contributed by atoms with E-state index in [0.29, 0.717) is 6.54 Å². The highest BCUT2D eigenvalue weighted by Gasteiger charge is 2.26. The number of rotatable bonds is 5. The average Bonchev–Trinajstić information content (AvgIpc) is 2.44. The van der Waals surface area contributed by atoms with E-state index >= 15 is 0 Å². The van der Waals surface area contributed by atoms with Gasteiger partial charge in [-0.15, -0.1) is 0 Å². The quantitative estimate of drug-likeness (QED) is 0.688. The number of aliphatic hydroxyl groups is 1. The summed E-state index contributed by atoms with van der Waals surface area (Å²) in [6.45, 7) is 0.175. The summed E-state index contributed by atoms with van der Waals surface area (Å²) in [5.74, 6) is -0.170. The summed E-state index contributed by atoms with van der Waals surface area (Å²) in [6, 6.07) is 8.34.